The van der Waals surface area contributed by atoms with Gasteiger partial charge in [-0.25, -0.2) is 22.7 Å². The second-order valence-corrected chi connectivity index (χ2v) is 39.0. The minimum Gasteiger partial charge on any atom is -0.508 e. The number of amides is 11. The van der Waals surface area contributed by atoms with Crippen molar-refractivity contribution in [3.63, 3.8) is 0 Å². The van der Waals surface area contributed by atoms with E-state index in [2.05, 4.69) is 52.2 Å². The number of aliphatic hydroxyl groups is 2. The fourth-order valence-electron chi connectivity index (χ4n) is 14.6. The Kier molecular flexibility index (Phi) is 36.4. The summed E-state index contributed by atoms with van der Waals surface area (Å²) in [6.45, 7) is 7.99. The number of esters is 1. The van der Waals surface area contributed by atoms with Gasteiger partial charge in [-0.3, -0.25) is 53.3 Å². The summed E-state index contributed by atoms with van der Waals surface area (Å²) in [6, 6.07) is 10.5. The number of phenols is 1. The molecule has 4 aliphatic rings. The van der Waals surface area contributed by atoms with Gasteiger partial charge in [0.1, 0.15) is 94.8 Å². The molecular formula is C84H111ClN14O22S5. The summed E-state index contributed by atoms with van der Waals surface area (Å²) in [5.41, 5.74) is 12.4. The van der Waals surface area contributed by atoms with E-state index < -0.39 is 201 Å². The molecule has 0 radical (unpaired) electrons. The highest BCUT2D eigenvalue weighted by Crippen LogP contribution is 2.49. The highest BCUT2D eigenvalue weighted by atomic mass is 35.5. The number of nitrogens with one attached hydrogen (secondary N) is 10. The molecule has 126 heavy (non-hydrogen) atoms. The summed E-state index contributed by atoms with van der Waals surface area (Å²) in [5.74, 6) is -11.7. The normalized spacial score (nSPS) is 26.1. The molecule has 4 bridgehead atoms. The molecule has 1 unspecified atom stereocenters. The van der Waals surface area contributed by atoms with Gasteiger partial charge in [0.05, 0.1) is 37.7 Å². The van der Waals surface area contributed by atoms with E-state index in [1.807, 2.05) is 6.92 Å². The molecule has 0 saturated carbocycles. The summed E-state index contributed by atoms with van der Waals surface area (Å²) in [7, 11) is 5.35. The Balaban J connectivity index is 0.930. The molecule has 3 fully saturated rings. The van der Waals surface area contributed by atoms with Crippen LogP contribution in [0, 0.1) is 5.92 Å². The van der Waals surface area contributed by atoms with Crippen molar-refractivity contribution in [3.8, 4) is 11.5 Å². The average molecular weight is 1860 g/mol. The van der Waals surface area contributed by atoms with E-state index in [4.69, 9.17) is 46.8 Å². The Morgan fingerprint density at radius 1 is 0.841 bits per heavy atom. The number of phenolic OH excluding ortho intramolecular Hbond substituents is 1. The van der Waals surface area contributed by atoms with E-state index in [-0.39, 0.29) is 85.2 Å². The molecule has 11 amide bonds. The average Bonchev–Trinajstić information content (AvgIpc) is 1.57. The number of fused-ring (bicyclic) bond motifs is 6. The fraction of sp³-hybridized carbons (Fsp3) is 0.500. The monoisotopic (exact) mass is 1860 g/mol. The highest BCUT2D eigenvalue weighted by Gasteiger charge is 2.65. The topological polar surface area (TPSA) is 532 Å². The van der Waals surface area contributed by atoms with Crippen LogP contribution in [0.4, 0.5) is 10.5 Å². The van der Waals surface area contributed by atoms with Crippen molar-refractivity contribution in [1.29, 1.82) is 0 Å². The molecule has 4 aromatic carbocycles. The maximum atomic E-state index is 15.2. The van der Waals surface area contributed by atoms with Crippen LogP contribution in [-0.4, -0.2) is 265 Å². The standard InChI is InChI=1S/C84H111ClN14O22S5/c1-45-19-18-25-66(118-9)84(114)40-65(119-82(113)96-84)46(2)72-83(5,121-72)67(39-69(103)99(7)63-36-51(33-45)37-64(117-8)70(63)85)120-81(112)47(3)98(6)68(102)30-32-122-123-42-60(73(87)104)92-79(110)62-44-125-124-43-61(93-77(108)59(97-126(10,115)116)35-49-20-12-11-13-21-49)78(109)90-57(34-50-26-28-53(101)29-27-50)75(106)91-58(38-52-41-88-55-23-15-14-22-54(52)55)76(107)89-56(24-16-17-31-86)74(105)95-71(48(4)100)80(111)94-62/h11-15,18-23,25-29,36-37,41,46-48,56-62,65-67,71-72,88,97,100-101,114H,16-17,24,30-35,38-40,42-44,86H2,1-10H3,(H2,87,104)(H,89,107)(H,90,109)(H,91,106)(H,92,110)(H,93,108)(H,94,111)(H,95,105)(H,96,113)/b25-18+,45-19+/t46-,47+,48-,56+,57+,58-,59-,60+,61+,62+,65+,66-,67+,71+,72?,83+,84+/m1/s1. The highest BCUT2D eigenvalue weighted by molar-refractivity contribution is 8.77. The van der Waals surface area contributed by atoms with E-state index in [1.54, 1.807) is 105 Å². The zero-order chi connectivity index (χ0) is 92.1. The first-order valence-corrected chi connectivity index (χ1v) is 48.0. The number of carbonyl (C=O) groups is 12. The third-order valence-corrected chi connectivity index (χ3v) is 28.0. The van der Waals surface area contributed by atoms with Crippen LogP contribution in [0.5, 0.6) is 11.5 Å². The first-order chi connectivity index (χ1) is 59.7. The summed E-state index contributed by atoms with van der Waals surface area (Å²) in [4.78, 5) is 180. The van der Waals surface area contributed by atoms with Crippen molar-refractivity contribution in [3.05, 3.63) is 148 Å². The Hall–Kier alpha value is -9.66. The minimum atomic E-state index is -4.13. The molecule has 42 heteroatoms. The van der Waals surface area contributed by atoms with Crippen molar-refractivity contribution in [2.75, 3.05) is 69.0 Å². The van der Waals surface area contributed by atoms with Crippen molar-refractivity contribution < 1.29 is 105 Å². The van der Waals surface area contributed by atoms with Gasteiger partial charge < -0.3 is 102 Å². The number of carbonyl (C=O) groups excluding carboxylic acids is 12. The van der Waals surface area contributed by atoms with Gasteiger partial charge in [0.25, 0.3) is 0 Å². The van der Waals surface area contributed by atoms with Crippen LogP contribution in [0.25, 0.3) is 10.9 Å². The van der Waals surface area contributed by atoms with Gasteiger partial charge in [-0.2, -0.15) is 0 Å². The number of aliphatic hydroxyl groups excluding tert-OH is 1. The number of halogens is 1. The SMILES string of the molecule is COc1cc2cc(c1Cl)N(C)C(=O)C[C@H](OC(=O)[C@H](C)N(C)C(=O)CCSSC[C@H](NC(=O)[C@@H]1CSSC[C@H](NC(=O)[C@@H](Cc3ccccc3)NS(C)(=O)=O)C(=O)N[C@@H](Cc3ccc(O)cc3)C(=O)N[C@H](Cc3c[nH]c4ccccc34)C(=O)N[C@@H](CCCCN)C(=O)N[C@@H]([C@@H](C)O)C(=O)N1)C(N)=O)[C@]1(C)OC1[C@H](C)[C@@H]1C[C@@](O)(NC(=O)O1)[C@H](OC)/C=C/C=C(\C)C2. The van der Waals surface area contributed by atoms with Crippen molar-refractivity contribution in [2.45, 2.75) is 195 Å². The van der Waals surface area contributed by atoms with Gasteiger partial charge in [-0.15, -0.1) is 0 Å². The number of sulfonamides is 1. The van der Waals surface area contributed by atoms with Crippen LogP contribution in [0.2, 0.25) is 5.02 Å². The van der Waals surface area contributed by atoms with Gasteiger partial charge >= 0.3 is 12.1 Å². The van der Waals surface area contributed by atoms with E-state index in [0.29, 0.717) is 46.0 Å². The van der Waals surface area contributed by atoms with Crippen LogP contribution in [0.15, 0.2) is 121 Å². The summed E-state index contributed by atoms with van der Waals surface area (Å²) in [5, 5.41) is 55.4. The Morgan fingerprint density at radius 3 is 2.18 bits per heavy atom. The molecule has 9 rings (SSSR count). The lowest BCUT2D eigenvalue weighted by atomic mass is 9.83. The quantitative estimate of drug-likeness (QED) is 0.0142. The van der Waals surface area contributed by atoms with Crippen LogP contribution >= 0.6 is 54.8 Å². The number of allylic oxidation sites excluding steroid dienone is 3. The number of ether oxygens (including phenoxy) is 5. The number of nitrogens with zero attached hydrogens (tertiary/aromatic N) is 2. The molecule has 17 N–H and O–H groups in total. The number of anilines is 1. The molecule has 1 aromatic heterocycles. The lowest BCUT2D eigenvalue weighted by Crippen LogP contribution is -2.63. The molecule has 3 saturated heterocycles. The van der Waals surface area contributed by atoms with Crippen molar-refractivity contribution in [2.24, 2.45) is 17.4 Å². The number of likely N-dealkylation sites (N-methyl/N-ethyl adjacent to an activating group) is 1. The smallest absolute Gasteiger partial charge is 0.409 e. The number of benzene rings is 4. The van der Waals surface area contributed by atoms with Crippen molar-refractivity contribution >= 4 is 153 Å². The molecule has 0 spiro atoms. The van der Waals surface area contributed by atoms with Gasteiger partial charge in [-0.1, -0.05) is 146 Å². The predicted molar refractivity (Wildman–Crippen MR) is 478 cm³/mol. The predicted octanol–water partition coefficient (Wildman–Crippen LogP) is 2.90. The maximum absolute atomic E-state index is 15.2. The van der Waals surface area contributed by atoms with Gasteiger partial charge in [0.15, 0.2) is 5.72 Å². The lowest BCUT2D eigenvalue weighted by molar-refractivity contribution is -0.162. The molecule has 686 valence electrons. The number of methoxy groups -OCH3 is 2. The van der Waals surface area contributed by atoms with Crippen LogP contribution in [-0.2, 0) is 107 Å². The van der Waals surface area contributed by atoms with Gasteiger partial charge in [0.2, 0.25) is 69.1 Å². The number of H-pyrrole nitrogens is 1. The van der Waals surface area contributed by atoms with E-state index >= 15 is 14.4 Å². The third kappa shape index (κ3) is 27.7. The number of unbranched alkanes of at least 4 members (excludes halogenated alkanes) is 1. The third-order valence-electron chi connectivity index (χ3n) is 22.1. The number of aromatic nitrogens is 1. The number of hydrogen-bond acceptors (Lipinski definition) is 27. The molecular weight excluding hydrogens is 1750 g/mol. The zero-order valence-electron chi connectivity index (χ0n) is 71.3. The number of rotatable bonds is 29. The first-order valence-electron chi connectivity index (χ1n) is 40.7. The largest absolute Gasteiger partial charge is 0.508 e. The van der Waals surface area contributed by atoms with E-state index in [1.165, 1.54) is 71.3 Å². The summed E-state index contributed by atoms with van der Waals surface area (Å²) < 4.78 is 57.8. The van der Waals surface area contributed by atoms with Crippen LogP contribution in [0.1, 0.15) is 95.4 Å². The summed E-state index contributed by atoms with van der Waals surface area (Å²) in [6.07, 6.45) is -0.0716. The molecule has 4 aliphatic heterocycles. The fourth-order valence-corrected chi connectivity index (χ4v) is 20.1. The molecule has 17 atom stereocenters. The number of hydrogen-bond donors (Lipinski definition) is 15. The molecule has 36 nitrogen and oxygen atoms in total. The maximum Gasteiger partial charge on any atom is 0.409 e. The van der Waals surface area contributed by atoms with Gasteiger partial charge in [0, 0.05) is 92.9 Å². The zero-order valence-corrected chi connectivity index (χ0v) is 76.1. The number of alkyl carbamates (subject to hydrolysis) is 1. The Labute approximate surface area is 751 Å². The number of primary amides is 1. The number of nitrogens with two attached hydrogens (primary N) is 2. The second-order valence-electron chi connectivity index (χ2n) is 31.7. The number of epoxide rings is 1. The van der Waals surface area contributed by atoms with Crippen LogP contribution < -0.4 is 68.4 Å². The van der Waals surface area contributed by atoms with Crippen LogP contribution in [0.3, 0.4) is 0 Å². The van der Waals surface area contributed by atoms with E-state index in [9.17, 15) is 66.9 Å². The van der Waals surface area contributed by atoms with E-state index in [0.717, 1.165) is 59.9 Å². The Morgan fingerprint density at radius 2 is 1.51 bits per heavy atom. The lowest BCUT2D eigenvalue weighted by Gasteiger charge is -2.42. The minimum absolute atomic E-state index is 0.0436. The number of aromatic amines is 1. The molecule has 0 aliphatic carbocycles. The molecule has 5 heterocycles. The second kappa shape index (κ2) is 45.9. The number of para-hydroxylation sites is 1. The first kappa shape index (κ1) is 100. The van der Waals surface area contributed by atoms with Gasteiger partial charge in [-0.05, 0) is 119 Å². The van der Waals surface area contributed by atoms with Crippen molar-refractivity contribution in [1.82, 2.24) is 57.1 Å². The Bertz CT molecular complexity index is 4920. The number of aromatic hydroxyl groups is 1. The summed E-state index contributed by atoms with van der Waals surface area (Å²) >= 11 is 6.89. The molecule has 5 aromatic rings.